The zero-order chi connectivity index (χ0) is 17.4. The predicted molar refractivity (Wildman–Crippen MR) is 88.9 cm³/mol. The fraction of sp³-hybridized carbons (Fsp3) is 0.444. The Morgan fingerprint density at radius 3 is 2.26 bits per heavy atom. The summed E-state index contributed by atoms with van der Waals surface area (Å²) in [6.07, 6.45) is 0. The molecule has 5 nitrogen and oxygen atoms in total. The number of benzene rings is 1. The second kappa shape index (κ2) is 6.07. The van der Waals surface area contributed by atoms with Crippen LogP contribution in [0.2, 0.25) is 0 Å². The minimum atomic E-state index is -0.500. The summed E-state index contributed by atoms with van der Waals surface area (Å²) in [6.45, 7) is 8.18. The molecule has 1 aliphatic rings. The van der Waals surface area contributed by atoms with E-state index in [4.69, 9.17) is 4.74 Å². The Morgan fingerprint density at radius 1 is 1.22 bits per heavy atom. The lowest BCUT2D eigenvalue weighted by molar-refractivity contribution is -0.136. The van der Waals surface area contributed by atoms with E-state index in [0.717, 1.165) is 5.56 Å². The van der Waals surface area contributed by atoms with Crippen LogP contribution in [-0.4, -0.2) is 31.1 Å². The number of methoxy groups -OCH3 is 1. The zero-order valence-electron chi connectivity index (χ0n) is 14.6. The summed E-state index contributed by atoms with van der Waals surface area (Å²) < 4.78 is 4.90. The maximum atomic E-state index is 12.2. The minimum absolute atomic E-state index is 0.0471. The summed E-state index contributed by atoms with van der Waals surface area (Å²) in [4.78, 5) is 25.7. The van der Waals surface area contributed by atoms with Gasteiger partial charge in [-0.05, 0) is 23.5 Å². The van der Waals surface area contributed by atoms with Crippen LogP contribution >= 0.6 is 0 Å². The van der Waals surface area contributed by atoms with Gasteiger partial charge in [0.1, 0.15) is 0 Å². The van der Waals surface area contributed by atoms with Crippen molar-refractivity contribution in [2.24, 2.45) is 0 Å². The molecule has 1 unspecified atom stereocenters. The van der Waals surface area contributed by atoms with Gasteiger partial charge in [0.25, 0.3) is 0 Å². The van der Waals surface area contributed by atoms with Gasteiger partial charge >= 0.3 is 12.0 Å². The third-order valence-corrected chi connectivity index (χ3v) is 4.27. The Bertz CT molecular complexity index is 654. The molecule has 1 atom stereocenters. The van der Waals surface area contributed by atoms with Crippen molar-refractivity contribution in [1.29, 1.82) is 0 Å². The van der Waals surface area contributed by atoms with Crippen molar-refractivity contribution in [1.82, 2.24) is 10.2 Å². The standard InChI is InChI=1S/C18H24N2O3/c1-11-14(16(21)23-6)15(19-17(22)20(11)5)12-7-9-13(10-8-12)18(2,3)4/h7-10,15H,1-6H3,(H,19,22). The van der Waals surface area contributed by atoms with Crippen molar-refractivity contribution in [2.75, 3.05) is 14.2 Å². The van der Waals surface area contributed by atoms with Gasteiger partial charge in [-0.2, -0.15) is 0 Å². The Morgan fingerprint density at radius 2 is 1.78 bits per heavy atom. The molecule has 0 saturated carbocycles. The fourth-order valence-corrected chi connectivity index (χ4v) is 2.64. The van der Waals surface area contributed by atoms with Crippen LogP contribution in [0.15, 0.2) is 35.5 Å². The van der Waals surface area contributed by atoms with Crippen LogP contribution in [0, 0.1) is 0 Å². The number of carbonyl (C=O) groups is 2. The van der Waals surface area contributed by atoms with Gasteiger partial charge in [0.2, 0.25) is 0 Å². The highest BCUT2D eigenvalue weighted by Crippen LogP contribution is 2.32. The molecule has 1 aromatic carbocycles. The molecule has 1 heterocycles. The smallest absolute Gasteiger partial charge is 0.337 e. The summed E-state index contributed by atoms with van der Waals surface area (Å²) in [6, 6.07) is 7.23. The lowest BCUT2D eigenvalue weighted by atomic mass is 9.85. The molecule has 23 heavy (non-hydrogen) atoms. The molecular weight excluding hydrogens is 292 g/mol. The summed E-state index contributed by atoms with van der Waals surface area (Å²) in [5.41, 5.74) is 3.16. The molecule has 0 spiro atoms. The SMILES string of the molecule is COC(=O)C1=C(C)N(C)C(=O)NC1c1ccc(C(C)(C)C)cc1. The molecule has 124 valence electrons. The number of hydrogen-bond acceptors (Lipinski definition) is 3. The van der Waals surface area contributed by atoms with Gasteiger partial charge in [-0.25, -0.2) is 9.59 Å². The summed E-state index contributed by atoms with van der Waals surface area (Å²) in [7, 11) is 2.98. The van der Waals surface area contributed by atoms with Gasteiger partial charge in [0.05, 0.1) is 18.7 Å². The van der Waals surface area contributed by atoms with Gasteiger partial charge in [0.15, 0.2) is 0 Å². The van der Waals surface area contributed by atoms with E-state index in [1.165, 1.54) is 17.6 Å². The molecule has 1 aliphatic heterocycles. The second-order valence-corrected chi connectivity index (χ2v) is 6.80. The highest BCUT2D eigenvalue weighted by molar-refractivity contribution is 5.94. The van der Waals surface area contributed by atoms with E-state index in [1.54, 1.807) is 14.0 Å². The molecule has 2 rings (SSSR count). The van der Waals surface area contributed by atoms with Crippen LogP contribution in [0.3, 0.4) is 0 Å². The van der Waals surface area contributed by atoms with Crippen LogP contribution in [0.5, 0.6) is 0 Å². The number of nitrogens with zero attached hydrogens (tertiary/aromatic N) is 1. The maximum Gasteiger partial charge on any atom is 0.337 e. The van der Waals surface area contributed by atoms with Crippen LogP contribution in [0.4, 0.5) is 4.79 Å². The van der Waals surface area contributed by atoms with Gasteiger partial charge in [-0.1, -0.05) is 45.0 Å². The van der Waals surface area contributed by atoms with E-state index >= 15 is 0 Å². The number of urea groups is 1. The molecule has 0 aromatic heterocycles. The molecule has 0 fully saturated rings. The second-order valence-electron chi connectivity index (χ2n) is 6.80. The molecule has 0 saturated heterocycles. The van der Waals surface area contributed by atoms with Crippen molar-refractivity contribution in [2.45, 2.75) is 39.2 Å². The molecule has 2 amide bonds. The summed E-state index contributed by atoms with van der Waals surface area (Å²) in [5, 5.41) is 2.86. The van der Waals surface area contributed by atoms with Crippen molar-refractivity contribution in [3.8, 4) is 0 Å². The van der Waals surface area contributed by atoms with Crippen LogP contribution in [-0.2, 0) is 14.9 Å². The normalized spacial score (nSPS) is 18.8. The molecule has 0 bridgehead atoms. The first kappa shape index (κ1) is 17.1. The Kier molecular flexibility index (Phi) is 4.50. The number of allylic oxidation sites excluding steroid dienone is 1. The average Bonchev–Trinajstić information content (AvgIpc) is 2.51. The predicted octanol–water partition coefficient (Wildman–Crippen LogP) is 3.13. The van der Waals surface area contributed by atoms with E-state index in [2.05, 4.69) is 26.1 Å². The molecule has 1 aromatic rings. The topological polar surface area (TPSA) is 58.6 Å². The Labute approximate surface area is 137 Å². The zero-order valence-corrected chi connectivity index (χ0v) is 14.6. The summed E-state index contributed by atoms with van der Waals surface area (Å²) in [5.74, 6) is -0.431. The van der Waals surface area contributed by atoms with Gasteiger partial charge < -0.3 is 15.0 Å². The fourth-order valence-electron chi connectivity index (χ4n) is 2.64. The molecule has 1 N–H and O–H groups in total. The first-order valence-corrected chi connectivity index (χ1v) is 7.60. The van der Waals surface area contributed by atoms with Crippen molar-refractivity contribution in [3.05, 3.63) is 46.7 Å². The van der Waals surface area contributed by atoms with E-state index < -0.39 is 12.0 Å². The highest BCUT2D eigenvalue weighted by atomic mass is 16.5. The number of hydrogen-bond donors (Lipinski definition) is 1. The van der Waals surface area contributed by atoms with Crippen molar-refractivity contribution in [3.63, 3.8) is 0 Å². The number of carbonyl (C=O) groups excluding carboxylic acids is 2. The minimum Gasteiger partial charge on any atom is -0.466 e. The monoisotopic (exact) mass is 316 g/mol. The van der Waals surface area contributed by atoms with Crippen molar-refractivity contribution < 1.29 is 14.3 Å². The number of esters is 1. The molecule has 0 radical (unpaired) electrons. The van der Waals surface area contributed by atoms with Gasteiger partial charge in [-0.3, -0.25) is 0 Å². The van der Waals surface area contributed by atoms with E-state index in [1.807, 2.05) is 24.3 Å². The van der Waals surface area contributed by atoms with Gasteiger partial charge in [-0.15, -0.1) is 0 Å². The molecule has 0 aliphatic carbocycles. The Hall–Kier alpha value is -2.30. The van der Waals surface area contributed by atoms with E-state index in [0.29, 0.717) is 11.3 Å². The first-order valence-electron chi connectivity index (χ1n) is 7.60. The average molecular weight is 316 g/mol. The number of rotatable bonds is 2. The lowest BCUT2D eigenvalue weighted by Crippen LogP contribution is -2.46. The Balaban J connectivity index is 2.47. The molecule has 5 heteroatoms. The third-order valence-electron chi connectivity index (χ3n) is 4.27. The quantitative estimate of drug-likeness (QED) is 0.853. The third kappa shape index (κ3) is 3.23. The van der Waals surface area contributed by atoms with Crippen LogP contribution < -0.4 is 5.32 Å². The number of amides is 2. The van der Waals surface area contributed by atoms with Gasteiger partial charge in [0, 0.05) is 12.7 Å². The van der Waals surface area contributed by atoms with E-state index in [9.17, 15) is 9.59 Å². The number of nitrogens with one attached hydrogen (secondary N) is 1. The lowest BCUT2D eigenvalue weighted by Gasteiger charge is -2.33. The highest BCUT2D eigenvalue weighted by Gasteiger charge is 2.34. The maximum absolute atomic E-state index is 12.2. The first-order chi connectivity index (χ1) is 10.7. The van der Waals surface area contributed by atoms with E-state index in [-0.39, 0.29) is 11.4 Å². The van der Waals surface area contributed by atoms with Crippen LogP contribution in [0.1, 0.15) is 44.9 Å². The summed E-state index contributed by atoms with van der Waals surface area (Å²) >= 11 is 0. The van der Waals surface area contributed by atoms with Crippen LogP contribution in [0.25, 0.3) is 0 Å². The number of ether oxygens (including phenoxy) is 1. The van der Waals surface area contributed by atoms with Crippen molar-refractivity contribution >= 4 is 12.0 Å². The largest absolute Gasteiger partial charge is 0.466 e. The molecular formula is C18H24N2O3.